The fourth-order valence-electron chi connectivity index (χ4n) is 13.0. The Kier molecular flexibility index (Phi) is 9.37. The van der Waals surface area contributed by atoms with Crippen molar-refractivity contribution in [2.75, 3.05) is 9.80 Å². The van der Waals surface area contributed by atoms with Crippen LogP contribution >= 0.6 is 0 Å². The Morgan fingerprint density at radius 3 is 0.842 bits per heavy atom. The molecule has 0 bridgehead atoms. The van der Waals surface area contributed by atoms with Crippen LogP contribution in [0.4, 0.5) is 34.1 Å². The molecule has 2 heteroatoms. The van der Waals surface area contributed by atoms with Crippen molar-refractivity contribution in [2.24, 2.45) is 0 Å². The molecule has 0 aliphatic rings. The van der Waals surface area contributed by atoms with Crippen LogP contribution in [0.2, 0.25) is 0 Å². The summed E-state index contributed by atoms with van der Waals surface area (Å²) in [5.74, 6) is 0. The summed E-state index contributed by atoms with van der Waals surface area (Å²) in [5, 5.41) is 23.1. The SMILES string of the molecule is c1ccc(N(c2ccc(-c3ccc(-c4ccc(N(c5ccccc5)c5ccc6c7cccc8cccc(c9cccc5c96)c87)cc4)c4ccccc34)cc2)c2ccc3c4cccc5cccc(c6cccc2c63)c54)cc1. The molecule has 0 N–H and O–H groups in total. The van der Waals surface area contributed by atoms with Gasteiger partial charge in [0.2, 0.25) is 0 Å². The van der Waals surface area contributed by atoms with Crippen molar-refractivity contribution < 1.29 is 0 Å². The van der Waals surface area contributed by atoms with Crippen LogP contribution in [0.5, 0.6) is 0 Å². The Morgan fingerprint density at radius 1 is 0.171 bits per heavy atom. The molecule has 0 spiro atoms. The van der Waals surface area contributed by atoms with E-state index in [9.17, 15) is 0 Å². The standard InChI is InChI=1S/C74H46N2/c1-3-19-51(20-4-1)75(69-45-43-65-61-27-11-17-49-15-9-25-59(71(49)61)63-29-13-31-67(69)73(63)65)53-37-33-47(34-38-53)55-41-42-56(58-24-8-7-23-57(55)58)48-35-39-54(40-36-48)76(52-21-5-2-6-22-52)70-46-44-66-62-28-12-18-50-16-10-26-60(72(50)62)64-30-14-32-68(70)74(64)66/h1-46H. The second-order valence-electron chi connectivity index (χ2n) is 20.3. The zero-order valence-electron chi connectivity index (χ0n) is 41.5. The second kappa shape index (κ2) is 16.8. The fourth-order valence-corrected chi connectivity index (χ4v) is 13.0. The molecule has 0 radical (unpaired) electrons. The molecule has 0 unspecified atom stereocenters. The number of rotatable bonds is 8. The molecule has 16 aromatic carbocycles. The molecule has 0 aliphatic heterocycles. The van der Waals surface area contributed by atoms with Crippen molar-refractivity contribution in [1.29, 1.82) is 0 Å². The molecule has 16 rings (SSSR count). The minimum absolute atomic E-state index is 1.11. The van der Waals surface area contributed by atoms with Gasteiger partial charge < -0.3 is 9.80 Å². The molecule has 0 fully saturated rings. The van der Waals surface area contributed by atoms with Crippen LogP contribution in [0.25, 0.3) is 119 Å². The van der Waals surface area contributed by atoms with Gasteiger partial charge in [0.15, 0.2) is 0 Å². The van der Waals surface area contributed by atoms with E-state index >= 15 is 0 Å². The maximum Gasteiger partial charge on any atom is 0.0540 e. The van der Waals surface area contributed by atoms with Gasteiger partial charge in [-0.1, -0.05) is 218 Å². The predicted octanol–water partition coefficient (Wildman–Crippen LogP) is 21.2. The van der Waals surface area contributed by atoms with Crippen LogP contribution < -0.4 is 9.80 Å². The van der Waals surface area contributed by atoms with Crippen molar-refractivity contribution in [1.82, 2.24) is 0 Å². The second-order valence-corrected chi connectivity index (χ2v) is 20.3. The molecule has 0 amide bonds. The summed E-state index contributed by atoms with van der Waals surface area (Å²) >= 11 is 0. The minimum atomic E-state index is 1.11. The molecular formula is C74H46N2. The van der Waals surface area contributed by atoms with Crippen LogP contribution in [0.3, 0.4) is 0 Å². The maximum atomic E-state index is 2.42. The lowest BCUT2D eigenvalue weighted by Crippen LogP contribution is -2.10. The highest BCUT2D eigenvalue weighted by Gasteiger charge is 2.23. The number of anilines is 6. The molecule has 0 aromatic heterocycles. The van der Waals surface area contributed by atoms with Crippen LogP contribution in [0, 0.1) is 0 Å². The van der Waals surface area contributed by atoms with Crippen molar-refractivity contribution in [3.8, 4) is 22.3 Å². The quantitative estimate of drug-likeness (QED) is 0.111. The smallest absolute Gasteiger partial charge is 0.0540 e. The number of fused-ring (bicyclic) bond motifs is 5. The number of nitrogens with zero attached hydrogens (tertiary/aromatic N) is 2. The summed E-state index contributed by atoms with van der Waals surface area (Å²) in [4.78, 5) is 4.84. The average Bonchev–Trinajstić information content (AvgIpc) is 3.60. The predicted molar refractivity (Wildman–Crippen MR) is 327 cm³/mol. The highest BCUT2D eigenvalue weighted by Crippen LogP contribution is 2.49. The Balaban J connectivity index is 0.777. The van der Waals surface area contributed by atoms with Gasteiger partial charge in [0, 0.05) is 33.5 Å². The third-order valence-electron chi connectivity index (χ3n) is 16.3. The molecule has 76 heavy (non-hydrogen) atoms. The zero-order chi connectivity index (χ0) is 49.8. The van der Waals surface area contributed by atoms with Gasteiger partial charge >= 0.3 is 0 Å². The van der Waals surface area contributed by atoms with Crippen LogP contribution in [0.1, 0.15) is 0 Å². The Hall–Kier alpha value is -10.0. The van der Waals surface area contributed by atoms with Gasteiger partial charge in [-0.2, -0.15) is 0 Å². The molecule has 0 heterocycles. The summed E-state index contributed by atoms with van der Waals surface area (Å²) in [7, 11) is 0. The lowest BCUT2D eigenvalue weighted by Gasteiger charge is -2.28. The van der Waals surface area contributed by atoms with E-state index in [1.165, 1.54) is 119 Å². The summed E-state index contributed by atoms with van der Waals surface area (Å²) in [6.45, 7) is 0. The van der Waals surface area contributed by atoms with Gasteiger partial charge in [-0.3, -0.25) is 0 Å². The summed E-state index contributed by atoms with van der Waals surface area (Å²) < 4.78 is 0. The Bertz CT molecular complexity index is 4490. The van der Waals surface area contributed by atoms with Gasteiger partial charge in [-0.25, -0.2) is 0 Å². The third-order valence-corrected chi connectivity index (χ3v) is 16.3. The molecule has 352 valence electrons. The number of hydrogen-bond donors (Lipinski definition) is 0. The highest BCUT2D eigenvalue weighted by molar-refractivity contribution is 6.35. The first-order valence-electron chi connectivity index (χ1n) is 26.3. The largest absolute Gasteiger partial charge is 0.310 e. The molecular weight excluding hydrogens is 917 g/mol. The van der Waals surface area contributed by atoms with Crippen LogP contribution in [-0.4, -0.2) is 0 Å². The summed E-state index contributed by atoms with van der Waals surface area (Å²) in [5.41, 5.74) is 11.5. The molecule has 0 atom stereocenters. The Morgan fingerprint density at radius 2 is 0.461 bits per heavy atom. The normalized spacial score (nSPS) is 11.9. The van der Waals surface area contributed by atoms with Crippen LogP contribution in [-0.2, 0) is 0 Å². The molecule has 16 aromatic rings. The monoisotopic (exact) mass is 962 g/mol. The maximum absolute atomic E-state index is 2.42. The van der Waals surface area contributed by atoms with Gasteiger partial charge in [0.05, 0.1) is 11.4 Å². The van der Waals surface area contributed by atoms with E-state index in [2.05, 4.69) is 289 Å². The Labute approximate surface area is 439 Å². The van der Waals surface area contributed by atoms with Gasteiger partial charge in [0.25, 0.3) is 0 Å². The van der Waals surface area contributed by atoms with Crippen molar-refractivity contribution in [3.05, 3.63) is 279 Å². The topological polar surface area (TPSA) is 6.48 Å². The van der Waals surface area contributed by atoms with E-state index in [0.29, 0.717) is 0 Å². The van der Waals surface area contributed by atoms with Gasteiger partial charge in [-0.05, 0) is 169 Å². The first-order chi connectivity index (χ1) is 37.7. The molecule has 0 saturated heterocycles. The van der Waals surface area contributed by atoms with Gasteiger partial charge in [0.1, 0.15) is 0 Å². The zero-order valence-corrected chi connectivity index (χ0v) is 41.5. The third kappa shape index (κ3) is 6.35. The summed E-state index contributed by atoms with van der Waals surface area (Å²) in [6, 6.07) is 103. The van der Waals surface area contributed by atoms with Gasteiger partial charge in [-0.15, -0.1) is 0 Å². The van der Waals surface area contributed by atoms with E-state index in [4.69, 9.17) is 0 Å². The first-order valence-corrected chi connectivity index (χ1v) is 26.3. The highest BCUT2D eigenvalue weighted by atomic mass is 15.1. The minimum Gasteiger partial charge on any atom is -0.310 e. The van der Waals surface area contributed by atoms with Crippen molar-refractivity contribution in [2.45, 2.75) is 0 Å². The van der Waals surface area contributed by atoms with Crippen molar-refractivity contribution in [3.63, 3.8) is 0 Å². The van der Waals surface area contributed by atoms with E-state index < -0.39 is 0 Å². The van der Waals surface area contributed by atoms with Crippen LogP contribution in [0.15, 0.2) is 279 Å². The molecule has 0 saturated carbocycles. The van der Waals surface area contributed by atoms with E-state index in [0.717, 1.165) is 34.1 Å². The molecule has 0 aliphatic carbocycles. The fraction of sp³-hybridized carbons (Fsp3) is 0. The van der Waals surface area contributed by atoms with E-state index in [-0.39, 0.29) is 0 Å². The first kappa shape index (κ1) is 42.5. The number of para-hydroxylation sites is 2. The van der Waals surface area contributed by atoms with E-state index in [1.54, 1.807) is 0 Å². The average molecular weight is 963 g/mol. The lowest BCUT2D eigenvalue weighted by atomic mass is 9.89. The lowest BCUT2D eigenvalue weighted by molar-refractivity contribution is 1.30. The number of hydrogen-bond acceptors (Lipinski definition) is 2. The van der Waals surface area contributed by atoms with E-state index in [1.807, 2.05) is 0 Å². The molecule has 2 nitrogen and oxygen atoms in total. The number of benzene rings is 16. The summed E-state index contributed by atoms with van der Waals surface area (Å²) in [6.07, 6.45) is 0. The van der Waals surface area contributed by atoms with Crippen molar-refractivity contribution >= 4 is 131 Å².